The second-order valence-electron chi connectivity index (χ2n) is 8.16. The molecule has 0 atom stereocenters. The first-order valence-electron chi connectivity index (χ1n) is 10.6. The molecule has 0 fully saturated rings. The number of carbonyl (C=O) groups is 1. The van der Waals surface area contributed by atoms with Crippen LogP contribution in [0.15, 0.2) is 42.9 Å². The van der Waals surface area contributed by atoms with Gasteiger partial charge in [0.25, 0.3) is 5.91 Å². The van der Waals surface area contributed by atoms with Crippen LogP contribution in [0, 0.1) is 13.8 Å². The zero-order valence-corrected chi connectivity index (χ0v) is 17.7. The van der Waals surface area contributed by atoms with E-state index in [1.165, 1.54) is 0 Å². The van der Waals surface area contributed by atoms with Gasteiger partial charge < -0.3 is 20.4 Å². The van der Waals surface area contributed by atoms with Gasteiger partial charge in [-0.1, -0.05) is 0 Å². The summed E-state index contributed by atoms with van der Waals surface area (Å²) in [5.41, 5.74) is 9.36. The van der Waals surface area contributed by atoms with Gasteiger partial charge in [0.2, 0.25) is 5.88 Å². The van der Waals surface area contributed by atoms with Crippen LogP contribution in [0.1, 0.15) is 22.4 Å². The lowest BCUT2D eigenvalue weighted by Crippen LogP contribution is -2.20. The van der Waals surface area contributed by atoms with E-state index in [2.05, 4.69) is 45.5 Å². The quantitative estimate of drug-likeness (QED) is 0.412. The Morgan fingerprint density at radius 1 is 1.09 bits per heavy atom. The molecule has 2 aliphatic heterocycles. The van der Waals surface area contributed by atoms with Gasteiger partial charge in [-0.05, 0) is 60.9 Å². The molecular formula is C25H21N5O2. The van der Waals surface area contributed by atoms with Gasteiger partial charge in [-0.25, -0.2) is 4.98 Å². The largest absolute Gasteiger partial charge is 0.474 e. The number of pyridine rings is 2. The van der Waals surface area contributed by atoms with Crippen molar-refractivity contribution in [2.75, 3.05) is 23.8 Å². The SMILES string of the molecule is Cc1cc2c(cc1-c1cnc3c(c1C)NCCO3)/C(=C/c1cc3cnccc3[nH]1)C(=O)N2. The molecule has 0 aliphatic carbocycles. The minimum absolute atomic E-state index is 0.108. The van der Waals surface area contributed by atoms with Crippen LogP contribution in [0.3, 0.4) is 0 Å². The van der Waals surface area contributed by atoms with E-state index in [1.54, 1.807) is 6.20 Å². The summed E-state index contributed by atoms with van der Waals surface area (Å²) in [6, 6.07) is 8.03. The minimum atomic E-state index is -0.108. The van der Waals surface area contributed by atoms with Gasteiger partial charge in [-0.15, -0.1) is 0 Å². The number of amides is 1. The first-order valence-corrected chi connectivity index (χ1v) is 10.6. The Balaban J connectivity index is 1.48. The fourth-order valence-electron chi connectivity index (χ4n) is 4.50. The molecular weight excluding hydrogens is 402 g/mol. The number of hydrogen-bond acceptors (Lipinski definition) is 5. The van der Waals surface area contributed by atoms with Crippen molar-refractivity contribution in [3.63, 3.8) is 0 Å². The highest BCUT2D eigenvalue weighted by atomic mass is 16.5. The summed E-state index contributed by atoms with van der Waals surface area (Å²) in [5, 5.41) is 7.41. The number of aryl methyl sites for hydroxylation is 1. The molecule has 0 spiro atoms. The van der Waals surface area contributed by atoms with Crippen LogP contribution < -0.4 is 15.4 Å². The third-order valence-electron chi connectivity index (χ3n) is 6.13. The van der Waals surface area contributed by atoms with Gasteiger partial charge >= 0.3 is 0 Å². The second kappa shape index (κ2) is 6.95. The zero-order valence-electron chi connectivity index (χ0n) is 17.7. The van der Waals surface area contributed by atoms with Crippen LogP contribution in [-0.4, -0.2) is 34.0 Å². The van der Waals surface area contributed by atoms with Gasteiger partial charge in [0, 0.05) is 58.5 Å². The van der Waals surface area contributed by atoms with E-state index in [-0.39, 0.29) is 5.91 Å². The van der Waals surface area contributed by atoms with Crippen LogP contribution in [-0.2, 0) is 4.79 Å². The molecule has 4 aromatic rings. The number of benzene rings is 1. The first kappa shape index (κ1) is 18.6. The van der Waals surface area contributed by atoms with Crippen molar-refractivity contribution in [2.24, 2.45) is 0 Å². The predicted octanol–water partition coefficient (Wildman–Crippen LogP) is 4.54. The number of ether oxygens (including phenoxy) is 1. The number of rotatable bonds is 2. The number of hydrogen-bond donors (Lipinski definition) is 3. The molecule has 5 heterocycles. The number of aromatic nitrogens is 3. The molecule has 0 saturated carbocycles. The average Bonchev–Trinajstić information content (AvgIpc) is 3.34. The van der Waals surface area contributed by atoms with Gasteiger partial charge in [-0.3, -0.25) is 9.78 Å². The van der Waals surface area contributed by atoms with Crippen molar-refractivity contribution in [1.29, 1.82) is 0 Å². The molecule has 0 bridgehead atoms. The highest BCUT2D eigenvalue weighted by Crippen LogP contribution is 2.41. The van der Waals surface area contributed by atoms with E-state index in [1.807, 2.05) is 36.7 Å². The van der Waals surface area contributed by atoms with E-state index in [4.69, 9.17) is 4.74 Å². The summed E-state index contributed by atoms with van der Waals surface area (Å²) in [4.78, 5) is 24.9. The number of anilines is 2. The third kappa shape index (κ3) is 2.85. The summed E-state index contributed by atoms with van der Waals surface area (Å²) in [5.74, 6) is 0.533. The van der Waals surface area contributed by atoms with Crippen molar-refractivity contribution in [1.82, 2.24) is 15.0 Å². The molecule has 0 saturated heterocycles. The molecule has 3 N–H and O–H groups in total. The van der Waals surface area contributed by atoms with E-state index >= 15 is 0 Å². The molecule has 0 radical (unpaired) electrons. The number of H-pyrrole nitrogens is 1. The molecule has 7 heteroatoms. The van der Waals surface area contributed by atoms with Crippen LogP contribution in [0.2, 0.25) is 0 Å². The maximum atomic E-state index is 12.8. The predicted molar refractivity (Wildman–Crippen MR) is 126 cm³/mol. The summed E-state index contributed by atoms with van der Waals surface area (Å²) >= 11 is 0. The Bertz CT molecular complexity index is 1420. The first-order chi connectivity index (χ1) is 15.6. The molecule has 1 aromatic carbocycles. The van der Waals surface area contributed by atoms with Gasteiger partial charge in [0.1, 0.15) is 12.3 Å². The molecule has 32 heavy (non-hydrogen) atoms. The van der Waals surface area contributed by atoms with Crippen molar-refractivity contribution in [3.05, 3.63) is 65.2 Å². The number of nitrogens with zero attached hydrogens (tertiary/aromatic N) is 2. The van der Waals surface area contributed by atoms with Gasteiger partial charge in [0.05, 0.1) is 5.57 Å². The fourth-order valence-corrected chi connectivity index (χ4v) is 4.50. The zero-order chi connectivity index (χ0) is 21.8. The lowest BCUT2D eigenvalue weighted by Gasteiger charge is -2.22. The van der Waals surface area contributed by atoms with Crippen molar-refractivity contribution < 1.29 is 9.53 Å². The van der Waals surface area contributed by atoms with Crippen LogP contribution >= 0.6 is 0 Å². The molecule has 158 valence electrons. The Kier molecular flexibility index (Phi) is 4.04. The van der Waals surface area contributed by atoms with E-state index in [0.29, 0.717) is 18.1 Å². The smallest absolute Gasteiger partial charge is 0.256 e. The number of nitrogens with one attached hydrogen (secondary N) is 3. The Labute approximate surface area is 184 Å². The Morgan fingerprint density at radius 2 is 2.00 bits per heavy atom. The minimum Gasteiger partial charge on any atom is -0.474 e. The molecule has 2 aliphatic rings. The lowest BCUT2D eigenvalue weighted by atomic mass is 9.93. The van der Waals surface area contributed by atoms with Crippen molar-refractivity contribution >= 4 is 39.8 Å². The Hall–Kier alpha value is -4.13. The fraction of sp³-hybridized carbons (Fsp3) is 0.160. The summed E-state index contributed by atoms with van der Waals surface area (Å²) in [7, 11) is 0. The normalized spacial score (nSPS) is 15.8. The van der Waals surface area contributed by atoms with E-state index in [0.717, 1.165) is 62.3 Å². The monoisotopic (exact) mass is 423 g/mol. The number of carbonyl (C=O) groups excluding carboxylic acids is 1. The van der Waals surface area contributed by atoms with Gasteiger partial charge in [-0.2, -0.15) is 0 Å². The third-order valence-corrected chi connectivity index (χ3v) is 6.13. The Morgan fingerprint density at radius 3 is 2.88 bits per heavy atom. The lowest BCUT2D eigenvalue weighted by molar-refractivity contribution is -0.110. The van der Waals surface area contributed by atoms with Crippen molar-refractivity contribution in [2.45, 2.75) is 13.8 Å². The highest BCUT2D eigenvalue weighted by Gasteiger charge is 2.27. The van der Waals surface area contributed by atoms with Crippen LogP contribution in [0.25, 0.3) is 33.7 Å². The molecule has 1 amide bonds. The standard InChI is InChI=1S/C25H21N5O2/c1-13-7-22-18(10-17(13)20-12-28-25-23(14(20)2)27-5-6-32-25)19(24(31)30-22)9-16-8-15-11-26-4-3-21(15)29-16/h3-4,7-12,27,29H,5-6H2,1-2H3,(H,30,31)/b19-9-. The van der Waals surface area contributed by atoms with Crippen molar-refractivity contribution in [3.8, 4) is 17.0 Å². The van der Waals surface area contributed by atoms with E-state index in [9.17, 15) is 4.79 Å². The van der Waals surface area contributed by atoms with E-state index < -0.39 is 0 Å². The number of aromatic amines is 1. The highest BCUT2D eigenvalue weighted by molar-refractivity contribution is 6.35. The number of fused-ring (bicyclic) bond motifs is 3. The molecule has 7 nitrogen and oxygen atoms in total. The molecule has 3 aromatic heterocycles. The summed E-state index contributed by atoms with van der Waals surface area (Å²) in [6.07, 6.45) is 7.31. The van der Waals surface area contributed by atoms with Crippen LogP contribution in [0.4, 0.5) is 11.4 Å². The second-order valence-corrected chi connectivity index (χ2v) is 8.16. The average molecular weight is 423 g/mol. The van der Waals surface area contributed by atoms with Gasteiger partial charge in [0.15, 0.2) is 0 Å². The summed E-state index contributed by atoms with van der Waals surface area (Å²) < 4.78 is 5.68. The molecule has 0 unspecified atom stereocenters. The molecule has 6 rings (SSSR count). The summed E-state index contributed by atoms with van der Waals surface area (Å²) in [6.45, 7) is 5.50. The van der Waals surface area contributed by atoms with Crippen LogP contribution in [0.5, 0.6) is 5.88 Å². The topological polar surface area (TPSA) is 91.9 Å². The maximum absolute atomic E-state index is 12.8. The maximum Gasteiger partial charge on any atom is 0.256 e.